The van der Waals surface area contributed by atoms with Crippen LogP contribution in [0.25, 0.3) is 0 Å². The van der Waals surface area contributed by atoms with E-state index in [1.807, 2.05) is 13.8 Å². The van der Waals surface area contributed by atoms with Gasteiger partial charge in [0.2, 0.25) is 0 Å². The number of ether oxygens (including phenoxy) is 2. The minimum absolute atomic E-state index is 0.196. The third-order valence-corrected chi connectivity index (χ3v) is 3.78. The fraction of sp³-hybridized carbons (Fsp3) is 0.353. The predicted octanol–water partition coefficient (Wildman–Crippen LogP) is 3.83. The van der Waals surface area contributed by atoms with E-state index >= 15 is 0 Å². The lowest BCUT2D eigenvalue weighted by Gasteiger charge is -2.14. The Morgan fingerprint density at radius 3 is 2.42 bits per heavy atom. The van der Waals surface area contributed by atoms with Crippen LogP contribution >= 0.6 is 11.6 Å². The molecule has 0 radical (unpaired) electrons. The van der Waals surface area contributed by atoms with Gasteiger partial charge in [0, 0.05) is 24.2 Å². The van der Waals surface area contributed by atoms with Crippen molar-refractivity contribution in [1.29, 1.82) is 0 Å². The number of aryl methyl sites for hydroxylation is 1. The van der Waals surface area contributed by atoms with Crippen LogP contribution in [0.5, 0.6) is 11.5 Å². The molecule has 1 amide bonds. The number of benzene rings is 1. The molecule has 0 saturated heterocycles. The van der Waals surface area contributed by atoms with Crippen LogP contribution in [-0.2, 0) is 0 Å². The highest BCUT2D eigenvalue weighted by Crippen LogP contribution is 2.36. The normalized spacial score (nSPS) is 10.6. The van der Waals surface area contributed by atoms with E-state index < -0.39 is 0 Å². The maximum atomic E-state index is 12.5. The quantitative estimate of drug-likeness (QED) is 0.888. The van der Waals surface area contributed by atoms with Crippen molar-refractivity contribution in [2.45, 2.75) is 26.7 Å². The molecule has 0 saturated carbocycles. The largest absolute Gasteiger partial charge is 0.495 e. The Balaban J connectivity index is 2.33. The summed E-state index contributed by atoms with van der Waals surface area (Å²) in [5, 5.41) is 3.18. The van der Waals surface area contributed by atoms with Gasteiger partial charge in [-0.05, 0) is 6.92 Å². The summed E-state index contributed by atoms with van der Waals surface area (Å²) in [6.45, 7) is 5.78. The van der Waals surface area contributed by atoms with E-state index in [4.69, 9.17) is 21.1 Å². The number of amides is 1. The van der Waals surface area contributed by atoms with E-state index in [1.165, 1.54) is 20.4 Å². The summed E-state index contributed by atoms with van der Waals surface area (Å²) in [6.07, 6.45) is 1.53. The number of methoxy groups -OCH3 is 2. The fourth-order valence-corrected chi connectivity index (χ4v) is 2.36. The van der Waals surface area contributed by atoms with Gasteiger partial charge in [0.1, 0.15) is 17.3 Å². The number of hydrogen-bond donors (Lipinski definition) is 1. The second kappa shape index (κ2) is 7.49. The molecule has 0 aliphatic heterocycles. The SMILES string of the molecule is COc1cc(NC(=O)c2cnc(C(C)C)nc2C)c(OC)cc1Cl. The summed E-state index contributed by atoms with van der Waals surface area (Å²) in [5.74, 6) is 1.45. The van der Waals surface area contributed by atoms with Gasteiger partial charge in [0.05, 0.1) is 36.2 Å². The Hall–Kier alpha value is -2.34. The molecule has 0 unspecified atom stereocenters. The van der Waals surface area contributed by atoms with Gasteiger partial charge in [-0.3, -0.25) is 4.79 Å². The van der Waals surface area contributed by atoms with E-state index in [0.29, 0.717) is 39.3 Å². The van der Waals surface area contributed by atoms with Gasteiger partial charge in [-0.25, -0.2) is 9.97 Å². The molecular formula is C17H20ClN3O3. The highest BCUT2D eigenvalue weighted by atomic mass is 35.5. The molecule has 0 bridgehead atoms. The molecule has 0 fully saturated rings. The van der Waals surface area contributed by atoms with Gasteiger partial charge < -0.3 is 14.8 Å². The van der Waals surface area contributed by atoms with Crippen molar-refractivity contribution in [2.24, 2.45) is 0 Å². The topological polar surface area (TPSA) is 73.3 Å². The van der Waals surface area contributed by atoms with Crippen LogP contribution in [0.1, 0.15) is 41.6 Å². The molecule has 7 heteroatoms. The number of nitrogens with one attached hydrogen (secondary N) is 1. The number of carbonyl (C=O) groups is 1. The molecule has 128 valence electrons. The average molecular weight is 350 g/mol. The predicted molar refractivity (Wildman–Crippen MR) is 93.4 cm³/mol. The summed E-state index contributed by atoms with van der Waals surface area (Å²) < 4.78 is 10.4. The first-order valence-corrected chi connectivity index (χ1v) is 7.81. The molecule has 0 atom stereocenters. The number of aromatic nitrogens is 2. The summed E-state index contributed by atoms with van der Waals surface area (Å²) in [7, 11) is 3.00. The molecular weight excluding hydrogens is 330 g/mol. The van der Waals surface area contributed by atoms with Crippen LogP contribution < -0.4 is 14.8 Å². The molecule has 1 aromatic heterocycles. The number of halogens is 1. The maximum Gasteiger partial charge on any atom is 0.259 e. The summed E-state index contributed by atoms with van der Waals surface area (Å²) in [4.78, 5) is 21.2. The van der Waals surface area contributed by atoms with Gasteiger partial charge in [-0.15, -0.1) is 0 Å². The van der Waals surface area contributed by atoms with Crippen LogP contribution in [-0.4, -0.2) is 30.1 Å². The molecule has 6 nitrogen and oxygen atoms in total. The molecule has 1 aromatic carbocycles. The zero-order chi connectivity index (χ0) is 17.9. The summed E-state index contributed by atoms with van der Waals surface area (Å²) >= 11 is 6.07. The van der Waals surface area contributed by atoms with Gasteiger partial charge in [0.15, 0.2) is 0 Å². The average Bonchev–Trinajstić information content (AvgIpc) is 2.55. The van der Waals surface area contributed by atoms with Gasteiger partial charge in [-0.1, -0.05) is 25.4 Å². The molecule has 0 aliphatic carbocycles. The molecule has 24 heavy (non-hydrogen) atoms. The second-order valence-corrected chi connectivity index (χ2v) is 5.93. The van der Waals surface area contributed by atoms with E-state index in [0.717, 1.165) is 0 Å². The van der Waals surface area contributed by atoms with Crippen LogP contribution in [0.2, 0.25) is 5.02 Å². The van der Waals surface area contributed by atoms with E-state index in [2.05, 4.69) is 15.3 Å². The second-order valence-electron chi connectivity index (χ2n) is 5.52. The van der Waals surface area contributed by atoms with Crippen LogP contribution in [0.4, 0.5) is 5.69 Å². The summed E-state index contributed by atoms with van der Waals surface area (Å²) in [6, 6.07) is 3.19. The van der Waals surface area contributed by atoms with Crippen molar-refractivity contribution >= 4 is 23.2 Å². The van der Waals surface area contributed by atoms with Crippen molar-refractivity contribution in [2.75, 3.05) is 19.5 Å². The Kier molecular flexibility index (Phi) is 5.62. The first kappa shape index (κ1) is 18.0. The van der Waals surface area contributed by atoms with Gasteiger partial charge in [-0.2, -0.15) is 0 Å². The maximum absolute atomic E-state index is 12.5. The van der Waals surface area contributed by atoms with E-state index in [1.54, 1.807) is 19.1 Å². The van der Waals surface area contributed by atoms with Crippen molar-refractivity contribution < 1.29 is 14.3 Å². The highest BCUT2D eigenvalue weighted by Gasteiger charge is 2.17. The lowest BCUT2D eigenvalue weighted by atomic mass is 10.1. The lowest BCUT2D eigenvalue weighted by molar-refractivity contribution is 0.102. The lowest BCUT2D eigenvalue weighted by Crippen LogP contribution is -2.16. The van der Waals surface area contributed by atoms with Gasteiger partial charge >= 0.3 is 0 Å². The van der Waals surface area contributed by atoms with Crippen LogP contribution in [0.3, 0.4) is 0 Å². The van der Waals surface area contributed by atoms with Crippen molar-refractivity contribution in [3.05, 3.63) is 40.4 Å². The Bertz CT molecular complexity index is 763. The number of rotatable bonds is 5. The fourth-order valence-electron chi connectivity index (χ4n) is 2.13. The minimum Gasteiger partial charge on any atom is -0.495 e. The summed E-state index contributed by atoms with van der Waals surface area (Å²) in [5.41, 5.74) is 1.47. The smallest absolute Gasteiger partial charge is 0.259 e. The number of carbonyl (C=O) groups excluding carboxylic acids is 1. The standard InChI is InChI=1S/C17H20ClN3O3/c1-9(2)16-19-8-11(10(3)20-16)17(22)21-13-7-14(23-4)12(18)6-15(13)24-5/h6-9H,1-5H3,(H,21,22). The zero-order valence-electron chi connectivity index (χ0n) is 14.3. The molecule has 2 rings (SSSR count). The van der Waals surface area contributed by atoms with Gasteiger partial charge in [0.25, 0.3) is 5.91 Å². The molecule has 2 aromatic rings. The van der Waals surface area contributed by atoms with Crippen LogP contribution in [0.15, 0.2) is 18.3 Å². The first-order valence-electron chi connectivity index (χ1n) is 7.43. The Labute approximate surface area is 146 Å². The first-order chi connectivity index (χ1) is 11.4. The number of nitrogens with zero attached hydrogens (tertiary/aromatic N) is 2. The van der Waals surface area contributed by atoms with Crippen molar-refractivity contribution in [3.8, 4) is 11.5 Å². The molecule has 0 spiro atoms. The minimum atomic E-state index is -0.328. The molecule has 1 heterocycles. The third kappa shape index (κ3) is 3.76. The highest BCUT2D eigenvalue weighted by molar-refractivity contribution is 6.32. The van der Waals surface area contributed by atoms with Crippen molar-refractivity contribution in [1.82, 2.24) is 9.97 Å². The number of anilines is 1. The number of hydrogen-bond acceptors (Lipinski definition) is 5. The third-order valence-electron chi connectivity index (χ3n) is 3.48. The van der Waals surface area contributed by atoms with Crippen molar-refractivity contribution in [3.63, 3.8) is 0 Å². The van der Waals surface area contributed by atoms with E-state index in [9.17, 15) is 4.79 Å². The Morgan fingerprint density at radius 2 is 1.88 bits per heavy atom. The molecule has 1 N–H and O–H groups in total. The molecule has 0 aliphatic rings. The van der Waals surface area contributed by atoms with Crippen LogP contribution in [0, 0.1) is 6.92 Å². The van der Waals surface area contributed by atoms with E-state index in [-0.39, 0.29) is 11.8 Å². The monoisotopic (exact) mass is 349 g/mol. The zero-order valence-corrected chi connectivity index (χ0v) is 15.1. The Morgan fingerprint density at radius 1 is 1.21 bits per heavy atom.